The lowest BCUT2D eigenvalue weighted by molar-refractivity contribution is 0.183. The molecule has 3 heteroatoms. The third kappa shape index (κ3) is 3.27. The summed E-state index contributed by atoms with van der Waals surface area (Å²) in [5.74, 6) is 0. The van der Waals surface area contributed by atoms with E-state index in [0.717, 1.165) is 6.42 Å². The molecule has 0 aliphatic rings. The zero-order valence-electron chi connectivity index (χ0n) is 11.0. The Kier molecular flexibility index (Phi) is 5.09. The highest BCUT2D eigenvalue weighted by atomic mass is 19.1. The highest BCUT2D eigenvalue weighted by Gasteiger charge is 2.27. The van der Waals surface area contributed by atoms with Crippen LogP contribution in [0, 0.1) is 0 Å². The van der Waals surface area contributed by atoms with Crippen LogP contribution < -0.4 is 5.73 Å². The van der Waals surface area contributed by atoms with Gasteiger partial charge in [0.15, 0.2) is 0 Å². The molecule has 0 amide bonds. The molecule has 0 saturated heterocycles. The van der Waals surface area contributed by atoms with E-state index in [1.807, 2.05) is 14.1 Å². The highest BCUT2D eigenvalue weighted by molar-refractivity contribution is 5.28. The molecule has 0 aliphatic heterocycles. The summed E-state index contributed by atoms with van der Waals surface area (Å²) in [4.78, 5) is 2.13. The van der Waals surface area contributed by atoms with Gasteiger partial charge >= 0.3 is 0 Å². The van der Waals surface area contributed by atoms with Crippen LogP contribution >= 0.6 is 0 Å². The molecule has 0 bridgehead atoms. The molecule has 0 saturated carbocycles. The zero-order chi connectivity index (χ0) is 12.9. The first-order chi connectivity index (χ1) is 8.04. The van der Waals surface area contributed by atoms with Crippen molar-refractivity contribution in [3.63, 3.8) is 0 Å². The second-order valence-electron chi connectivity index (χ2n) is 4.86. The third-order valence-electron chi connectivity index (χ3n) is 3.56. The molecule has 96 valence electrons. The summed E-state index contributed by atoms with van der Waals surface area (Å²) in [6.07, 6.45) is 1.40. The molecule has 17 heavy (non-hydrogen) atoms. The first kappa shape index (κ1) is 14.1. The first-order valence-electron chi connectivity index (χ1n) is 6.07. The largest absolute Gasteiger partial charge is 0.328 e. The molecule has 2 N–H and O–H groups in total. The van der Waals surface area contributed by atoms with Crippen molar-refractivity contribution in [1.29, 1.82) is 0 Å². The van der Waals surface area contributed by atoms with Crippen LogP contribution in [0.1, 0.15) is 24.5 Å². The van der Waals surface area contributed by atoms with Crippen LogP contribution in [0.25, 0.3) is 0 Å². The lowest BCUT2D eigenvalue weighted by Crippen LogP contribution is -2.44. The Morgan fingerprint density at radius 3 is 2.24 bits per heavy atom. The smallest absolute Gasteiger partial charge is 0.0897 e. The fourth-order valence-corrected chi connectivity index (χ4v) is 1.86. The van der Waals surface area contributed by atoms with Crippen LogP contribution in [0.4, 0.5) is 4.39 Å². The number of rotatable bonds is 6. The normalized spacial score (nSPS) is 14.9. The van der Waals surface area contributed by atoms with Crippen LogP contribution in [-0.2, 0) is 12.0 Å². The van der Waals surface area contributed by atoms with E-state index >= 15 is 0 Å². The van der Waals surface area contributed by atoms with E-state index < -0.39 is 0 Å². The number of benzene rings is 1. The maximum Gasteiger partial charge on any atom is 0.0897 e. The fourth-order valence-electron chi connectivity index (χ4n) is 1.86. The van der Waals surface area contributed by atoms with Crippen LogP contribution in [0.15, 0.2) is 24.3 Å². The van der Waals surface area contributed by atoms with Crippen LogP contribution in [0.3, 0.4) is 0 Å². The predicted molar refractivity (Wildman–Crippen MR) is 70.8 cm³/mol. The second kappa shape index (κ2) is 6.12. The molecule has 1 atom stereocenters. The van der Waals surface area contributed by atoms with Gasteiger partial charge in [0.05, 0.1) is 12.2 Å². The number of nitrogens with zero attached hydrogens (tertiary/aromatic N) is 1. The Morgan fingerprint density at radius 1 is 1.24 bits per heavy atom. The lowest BCUT2D eigenvalue weighted by atomic mass is 9.90. The van der Waals surface area contributed by atoms with E-state index in [9.17, 15) is 4.39 Å². The Bertz CT molecular complexity index is 335. The van der Waals surface area contributed by atoms with Gasteiger partial charge in [0.1, 0.15) is 0 Å². The number of halogens is 1. The number of aryl methyl sites for hydroxylation is 1. The van der Waals surface area contributed by atoms with Crippen molar-refractivity contribution in [3.8, 4) is 0 Å². The molecule has 0 fully saturated rings. The van der Waals surface area contributed by atoms with E-state index in [-0.39, 0.29) is 12.2 Å². The van der Waals surface area contributed by atoms with E-state index in [0.29, 0.717) is 13.0 Å². The quantitative estimate of drug-likeness (QED) is 0.824. The monoisotopic (exact) mass is 238 g/mol. The minimum absolute atomic E-state index is 0.140. The first-order valence-corrected chi connectivity index (χ1v) is 6.07. The van der Waals surface area contributed by atoms with Crippen LogP contribution in [-0.4, -0.2) is 32.2 Å². The van der Waals surface area contributed by atoms with Gasteiger partial charge in [0, 0.05) is 6.54 Å². The Labute approximate surface area is 104 Å². The topological polar surface area (TPSA) is 29.3 Å². The molecule has 1 rings (SSSR count). The summed E-state index contributed by atoms with van der Waals surface area (Å²) in [5, 5.41) is 0. The molecule has 0 aromatic heterocycles. The van der Waals surface area contributed by atoms with Crippen molar-refractivity contribution in [3.05, 3.63) is 35.4 Å². The van der Waals surface area contributed by atoms with Crippen molar-refractivity contribution >= 4 is 0 Å². The minimum atomic E-state index is -0.250. The van der Waals surface area contributed by atoms with Crippen molar-refractivity contribution in [2.75, 3.05) is 27.3 Å². The molecule has 0 heterocycles. The van der Waals surface area contributed by atoms with Gasteiger partial charge in [-0.05, 0) is 45.0 Å². The van der Waals surface area contributed by atoms with Crippen molar-refractivity contribution in [1.82, 2.24) is 4.90 Å². The number of hydrogen-bond donors (Lipinski definition) is 1. The average molecular weight is 238 g/mol. The van der Waals surface area contributed by atoms with Gasteiger partial charge in [-0.15, -0.1) is 0 Å². The van der Waals surface area contributed by atoms with E-state index in [4.69, 9.17) is 5.73 Å². The SMILES string of the molecule is CN(C)C(C)(CN)c1ccc(CCCF)cc1. The molecular weight excluding hydrogens is 215 g/mol. The molecule has 0 spiro atoms. The third-order valence-corrected chi connectivity index (χ3v) is 3.56. The van der Waals surface area contributed by atoms with Crippen LogP contribution in [0.2, 0.25) is 0 Å². The molecule has 2 nitrogen and oxygen atoms in total. The minimum Gasteiger partial charge on any atom is -0.328 e. The van der Waals surface area contributed by atoms with E-state index in [2.05, 4.69) is 36.1 Å². The molecule has 0 radical (unpaired) electrons. The molecule has 1 aromatic rings. The van der Waals surface area contributed by atoms with Gasteiger partial charge in [-0.1, -0.05) is 24.3 Å². The Balaban J connectivity index is 2.85. The standard InChI is InChI=1S/C14H23FN2/c1-14(11-16,17(2)3)13-8-6-12(7-9-13)5-4-10-15/h6-9H,4-5,10-11,16H2,1-3H3. The fraction of sp³-hybridized carbons (Fsp3) is 0.571. The lowest BCUT2D eigenvalue weighted by Gasteiger charge is -2.36. The molecule has 0 aliphatic carbocycles. The van der Waals surface area contributed by atoms with Crippen molar-refractivity contribution in [2.24, 2.45) is 5.73 Å². The van der Waals surface area contributed by atoms with E-state index in [1.165, 1.54) is 11.1 Å². The summed E-state index contributed by atoms with van der Waals surface area (Å²) in [6.45, 7) is 2.45. The summed E-state index contributed by atoms with van der Waals surface area (Å²) in [6, 6.07) is 8.34. The maximum absolute atomic E-state index is 12.1. The molecular formula is C14H23FN2. The van der Waals surface area contributed by atoms with Crippen molar-refractivity contribution in [2.45, 2.75) is 25.3 Å². The second-order valence-corrected chi connectivity index (χ2v) is 4.86. The summed E-state index contributed by atoms with van der Waals surface area (Å²) >= 11 is 0. The van der Waals surface area contributed by atoms with Crippen molar-refractivity contribution < 1.29 is 4.39 Å². The van der Waals surface area contributed by atoms with Gasteiger partial charge in [-0.2, -0.15) is 0 Å². The summed E-state index contributed by atoms with van der Waals surface area (Å²) in [7, 11) is 4.06. The summed E-state index contributed by atoms with van der Waals surface area (Å²) in [5.41, 5.74) is 8.11. The molecule has 1 unspecified atom stereocenters. The number of alkyl halides is 1. The van der Waals surface area contributed by atoms with Gasteiger partial charge in [0.2, 0.25) is 0 Å². The molecule has 1 aromatic carbocycles. The predicted octanol–water partition coefficient (Wildman–Crippen LogP) is 2.32. The van der Waals surface area contributed by atoms with Gasteiger partial charge in [-0.3, -0.25) is 9.29 Å². The van der Waals surface area contributed by atoms with Gasteiger partial charge in [-0.25, -0.2) is 0 Å². The van der Waals surface area contributed by atoms with Gasteiger partial charge < -0.3 is 5.73 Å². The number of likely N-dealkylation sites (N-methyl/N-ethyl adjacent to an activating group) is 1. The highest BCUT2D eigenvalue weighted by Crippen LogP contribution is 2.25. The Morgan fingerprint density at radius 2 is 1.82 bits per heavy atom. The maximum atomic E-state index is 12.1. The summed E-state index contributed by atoms with van der Waals surface area (Å²) < 4.78 is 12.1. The van der Waals surface area contributed by atoms with Gasteiger partial charge in [0.25, 0.3) is 0 Å². The Hall–Kier alpha value is -0.930. The number of hydrogen-bond acceptors (Lipinski definition) is 2. The van der Waals surface area contributed by atoms with E-state index in [1.54, 1.807) is 0 Å². The zero-order valence-corrected chi connectivity index (χ0v) is 11.0. The number of nitrogens with two attached hydrogens (primary N) is 1. The van der Waals surface area contributed by atoms with Crippen LogP contribution in [0.5, 0.6) is 0 Å². The average Bonchev–Trinajstić information content (AvgIpc) is 2.35.